The molecule has 1 atom stereocenters. The minimum Gasteiger partial charge on any atom is -0.323 e. The lowest BCUT2D eigenvalue weighted by molar-refractivity contribution is 0.645. The number of rotatable bonds is 3. The largest absolute Gasteiger partial charge is 0.323 e. The molecule has 1 heterocycles. The predicted octanol–water partition coefficient (Wildman–Crippen LogP) is 4.90. The monoisotopic (exact) mass is 321 g/mol. The van der Waals surface area contributed by atoms with Crippen LogP contribution in [0.4, 0.5) is 0 Å². The highest BCUT2D eigenvalue weighted by molar-refractivity contribution is 9.10. The Kier molecular flexibility index (Phi) is 3.31. The van der Waals surface area contributed by atoms with Gasteiger partial charge in [-0.2, -0.15) is 0 Å². The Bertz CT molecular complexity index is 572. The number of hydrogen-bond acceptors (Lipinski definition) is 2. The molecule has 0 aliphatic heterocycles. The van der Waals surface area contributed by atoms with Crippen molar-refractivity contribution in [2.24, 2.45) is 11.7 Å². The average molecular weight is 322 g/mol. The maximum atomic E-state index is 6.26. The maximum absolute atomic E-state index is 6.26. The molecule has 1 saturated carbocycles. The van der Waals surface area contributed by atoms with Crippen molar-refractivity contribution < 1.29 is 0 Å². The molecule has 1 aromatic carbocycles. The summed E-state index contributed by atoms with van der Waals surface area (Å²) < 4.78 is 1.19. The molecule has 3 heteroatoms. The van der Waals surface area contributed by atoms with E-state index in [1.54, 1.807) is 0 Å². The normalized spacial score (nSPS) is 16.8. The van der Waals surface area contributed by atoms with Gasteiger partial charge in [0.2, 0.25) is 0 Å². The first kappa shape index (κ1) is 12.4. The van der Waals surface area contributed by atoms with E-state index in [2.05, 4.69) is 53.2 Å². The molecule has 2 N–H and O–H groups in total. The van der Waals surface area contributed by atoms with Crippen molar-refractivity contribution in [3.63, 3.8) is 0 Å². The molecule has 0 radical (unpaired) electrons. The number of thiophene rings is 1. The van der Waals surface area contributed by atoms with Crippen LogP contribution in [-0.4, -0.2) is 0 Å². The Balaban J connectivity index is 1.94. The van der Waals surface area contributed by atoms with Gasteiger partial charge in [-0.05, 0) is 59.3 Å². The van der Waals surface area contributed by atoms with E-state index in [0.717, 1.165) is 5.92 Å². The van der Waals surface area contributed by atoms with Crippen LogP contribution >= 0.6 is 27.3 Å². The van der Waals surface area contributed by atoms with Gasteiger partial charge >= 0.3 is 0 Å². The van der Waals surface area contributed by atoms with Gasteiger partial charge in [-0.25, -0.2) is 0 Å². The van der Waals surface area contributed by atoms with Gasteiger partial charge in [-0.15, -0.1) is 11.3 Å². The molecule has 94 valence electrons. The minimum atomic E-state index is 0.243. The van der Waals surface area contributed by atoms with E-state index in [-0.39, 0.29) is 6.04 Å². The van der Waals surface area contributed by atoms with E-state index in [1.807, 2.05) is 11.3 Å². The predicted molar refractivity (Wildman–Crippen MR) is 81.8 cm³/mol. The molecule has 18 heavy (non-hydrogen) atoms. The van der Waals surface area contributed by atoms with Gasteiger partial charge in [0.05, 0.1) is 0 Å². The number of benzene rings is 1. The first-order valence-corrected chi connectivity index (χ1v) is 7.88. The van der Waals surface area contributed by atoms with Crippen LogP contribution in [-0.2, 0) is 0 Å². The summed E-state index contributed by atoms with van der Waals surface area (Å²) in [5.41, 5.74) is 8.80. The SMILES string of the molecule is Cc1cccc(-c2ccc(C(N)C3CC3)s2)c1Br. The van der Waals surface area contributed by atoms with Crippen LogP contribution in [0.25, 0.3) is 10.4 Å². The number of aryl methyl sites for hydroxylation is 1. The lowest BCUT2D eigenvalue weighted by atomic mass is 10.1. The highest BCUT2D eigenvalue weighted by Crippen LogP contribution is 2.43. The third-order valence-corrected chi connectivity index (χ3v) is 5.81. The first-order valence-electron chi connectivity index (χ1n) is 6.27. The Morgan fingerprint density at radius 2 is 2.06 bits per heavy atom. The Labute approximate surface area is 120 Å². The van der Waals surface area contributed by atoms with Crippen molar-refractivity contribution in [1.29, 1.82) is 0 Å². The quantitative estimate of drug-likeness (QED) is 0.855. The van der Waals surface area contributed by atoms with Crippen LogP contribution in [0.3, 0.4) is 0 Å². The highest BCUT2D eigenvalue weighted by Gasteiger charge is 2.30. The Hall–Kier alpha value is -0.640. The van der Waals surface area contributed by atoms with Crippen molar-refractivity contribution in [1.82, 2.24) is 0 Å². The molecule has 2 aromatic rings. The minimum absolute atomic E-state index is 0.243. The molecule has 3 rings (SSSR count). The average Bonchev–Trinajstić information content (AvgIpc) is 3.10. The smallest absolute Gasteiger partial charge is 0.0418 e. The summed E-state index contributed by atoms with van der Waals surface area (Å²) in [5.74, 6) is 0.720. The molecular formula is C15H16BrNS. The molecule has 1 nitrogen and oxygen atoms in total. The second-order valence-corrected chi connectivity index (χ2v) is 6.91. The van der Waals surface area contributed by atoms with Gasteiger partial charge in [0.15, 0.2) is 0 Å². The number of halogens is 1. The van der Waals surface area contributed by atoms with Crippen LogP contribution in [0.15, 0.2) is 34.8 Å². The van der Waals surface area contributed by atoms with Crippen LogP contribution in [0.1, 0.15) is 29.3 Å². The molecule has 0 spiro atoms. The third-order valence-electron chi connectivity index (χ3n) is 3.54. The first-order chi connectivity index (χ1) is 8.66. The molecule has 0 bridgehead atoms. The van der Waals surface area contributed by atoms with Crippen LogP contribution in [0, 0.1) is 12.8 Å². The molecule has 1 aromatic heterocycles. The summed E-state index contributed by atoms with van der Waals surface area (Å²) in [6.45, 7) is 2.12. The fraction of sp³-hybridized carbons (Fsp3) is 0.333. The summed E-state index contributed by atoms with van der Waals surface area (Å²) in [7, 11) is 0. The van der Waals surface area contributed by atoms with Gasteiger partial charge in [0.1, 0.15) is 0 Å². The Morgan fingerprint density at radius 1 is 1.28 bits per heavy atom. The van der Waals surface area contributed by atoms with Crippen molar-refractivity contribution in [2.45, 2.75) is 25.8 Å². The maximum Gasteiger partial charge on any atom is 0.0418 e. The van der Waals surface area contributed by atoms with E-state index in [9.17, 15) is 0 Å². The molecule has 1 aliphatic rings. The second kappa shape index (κ2) is 4.80. The zero-order valence-electron chi connectivity index (χ0n) is 10.3. The van der Waals surface area contributed by atoms with Crippen LogP contribution in [0.2, 0.25) is 0 Å². The van der Waals surface area contributed by atoms with E-state index >= 15 is 0 Å². The summed E-state index contributed by atoms with van der Waals surface area (Å²) in [4.78, 5) is 2.62. The molecular weight excluding hydrogens is 306 g/mol. The zero-order chi connectivity index (χ0) is 12.7. The van der Waals surface area contributed by atoms with Gasteiger partial charge in [-0.3, -0.25) is 0 Å². The fourth-order valence-electron chi connectivity index (χ4n) is 2.20. The summed E-state index contributed by atoms with van der Waals surface area (Å²) in [6, 6.07) is 11.0. The van der Waals surface area contributed by atoms with E-state index in [0.29, 0.717) is 0 Å². The number of nitrogens with two attached hydrogens (primary N) is 1. The topological polar surface area (TPSA) is 26.0 Å². The molecule has 1 unspecified atom stereocenters. The van der Waals surface area contributed by atoms with Crippen LogP contribution < -0.4 is 5.73 Å². The summed E-state index contributed by atoms with van der Waals surface area (Å²) >= 11 is 5.51. The molecule has 0 amide bonds. The van der Waals surface area contributed by atoms with Crippen LogP contribution in [0.5, 0.6) is 0 Å². The van der Waals surface area contributed by atoms with E-state index < -0.39 is 0 Å². The lowest BCUT2D eigenvalue weighted by Crippen LogP contribution is -2.10. The van der Waals surface area contributed by atoms with E-state index in [4.69, 9.17) is 5.73 Å². The van der Waals surface area contributed by atoms with Gasteiger partial charge in [-0.1, -0.05) is 18.2 Å². The summed E-state index contributed by atoms with van der Waals surface area (Å²) in [6.07, 6.45) is 2.59. The standard InChI is InChI=1S/C15H16BrNS/c1-9-3-2-4-11(14(9)16)12-7-8-13(18-12)15(17)10-5-6-10/h2-4,7-8,10,15H,5-6,17H2,1H3. The van der Waals surface area contributed by atoms with Crippen molar-refractivity contribution in [3.8, 4) is 10.4 Å². The van der Waals surface area contributed by atoms with Gasteiger partial charge in [0, 0.05) is 25.8 Å². The van der Waals surface area contributed by atoms with Crippen molar-refractivity contribution >= 4 is 27.3 Å². The van der Waals surface area contributed by atoms with Gasteiger partial charge < -0.3 is 5.73 Å². The van der Waals surface area contributed by atoms with Crippen molar-refractivity contribution in [2.75, 3.05) is 0 Å². The molecule has 0 saturated heterocycles. The van der Waals surface area contributed by atoms with Gasteiger partial charge in [0.25, 0.3) is 0 Å². The molecule has 1 fully saturated rings. The zero-order valence-corrected chi connectivity index (χ0v) is 12.7. The van der Waals surface area contributed by atoms with E-state index in [1.165, 1.54) is 38.2 Å². The highest BCUT2D eigenvalue weighted by atomic mass is 79.9. The summed E-state index contributed by atoms with van der Waals surface area (Å²) in [5, 5.41) is 0. The number of hydrogen-bond donors (Lipinski definition) is 1. The lowest BCUT2D eigenvalue weighted by Gasteiger charge is -2.07. The van der Waals surface area contributed by atoms with Crippen molar-refractivity contribution in [3.05, 3.63) is 45.2 Å². The fourth-order valence-corrected chi connectivity index (χ4v) is 3.95. The third kappa shape index (κ3) is 2.27. The second-order valence-electron chi connectivity index (χ2n) is 5.00. The molecule has 1 aliphatic carbocycles. The Morgan fingerprint density at radius 3 is 2.78 bits per heavy atom.